The maximum Gasteiger partial charge on any atom is 0.225 e. The van der Waals surface area contributed by atoms with Crippen LogP contribution >= 0.6 is 0 Å². The highest BCUT2D eigenvalue weighted by atomic mass is 19.1. The Morgan fingerprint density at radius 3 is 2.72 bits per heavy atom. The van der Waals surface area contributed by atoms with E-state index in [-0.39, 0.29) is 29.6 Å². The number of halogens is 2. The van der Waals surface area contributed by atoms with Crippen LogP contribution in [0.3, 0.4) is 0 Å². The van der Waals surface area contributed by atoms with Gasteiger partial charge in [0.05, 0.1) is 0 Å². The summed E-state index contributed by atoms with van der Waals surface area (Å²) < 4.78 is 26.7. The van der Waals surface area contributed by atoms with Gasteiger partial charge in [-0.15, -0.1) is 0 Å². The van der Waals surface area contributed by atoms with Crippen LogP contribution in [-0.2, 0) is 4.79 Å². The van der Waals surface area contributed by atoms with Crippen LogP contribution in [0.5, 0.6) is 0 Å². The van der Waals surface area contributed by atoms with Crippen LogP contribution in [0.15, 0.2) is 18.2 Å². The van der Waals surface area contributed by atoms with Crippen LogP contribution in [0.2, 0.25) is 0 Å². The fraction of sp³-hybridized carbons (Fsp3) is 0.500. The average molecular weight is 251 g/mol. The maximum atomic E-state index is 13.6. The first-order valence-electron chi connectivity index (χ1n) is 6.29. The highest BCUT2D eigenvalue weighted by Crippen LogP contribution is 2.46. The highest BCUT2D eigenvalue weighted by Gasteiger charge is 2.46. The van der Waals surface area contributed by atoms with Gasteiger partial charge in [-0.25, -0.2) is 8.78 Å². The molecule has 2 aliphatic carbocycles. The Balaban J connectivity index is 1.73. The Bertz CT molecular complexity index is 499. The summed E-state index contributed by atoms with van der Waals surface area (Å²) in [6.45, 7) is 0. The van der Waals surface area contributed by atoms with Crippen molar-refractivity contribution in [1.29, 1.82) is 0 Å². The van der Waals surface area contributed by atoms with E-state index in [1.165, 1.54) is 6.07 Å². The number of carbonyl (C=O) groups is 1. The van der Waals surface area contributed by atoms with Gasteiger partial charge < -0.3 is 4.90 Å². The number of benzene rings is 1. The summed E-state index contributed by atoms with van der Waals surface area (Å²) in [5, 5.41) is 0. The van der Waals surface area contributed by atoms with Gasteiger partial charge >= 0.3 is 0 Å². The zero-order valence-electron chi connectivity index (χ0n) is 10.2. The minimum Gasteiger partial charge on any atom is -0.342 e. The summed E-state index contributed by atoms with van der Waals surface area (Å²) in [7, 11) is 1.77. The van der Waals surface area contributed by atoms with Gasteiger partial charge in [0.25, 0.3) is 0 Å². The summed E-state index contributed by atoms with van der Waals surface area (Å²) in [4.78, 5) is 13.6. The molecule has 2 saturated carbocycles. The van der Waals surface area contributed by atoms with Crippen LogP contribution in [0.4, 0.5) is 8.78 Å². The van der Waals surface area contributed by atoms with E-state index >= 15 is 0 Å². The van der Waals surface area contributed by atoms with Crippen LogP contribution < -0.4 is 0 Å². The van der Waals surface area contributed by atoms with Crippen LogP contribution in [-0.4, -0.2) is 23.9 Å². The van der Waals surface area contributed by atoms with Crippen LogP contribution in [0.1, 0.15) is 30.7 Å². The molecule has 18 heavy (non-hydrogen) atoms. The highest BCUT2D eigenvalue weighted by molar-refractivity contribution is 5.81. The SMILES string of the molecule is CN(C(=O)C1CC1)C1CC1c1cc(F)ccc1F. The van der Waals surface area contributed by atoms with Crippen LogP contribution in [0, 0.1) is 17.6 Å². The smallest absolute Gasteiger partial charge is 0.225 e. The van der Waals surface area contributed by atoms with E-state index in [0.717, 1.165) is 31.4 Å². The molecule has 0 aromatic heterocycles. The number of hydrogen-bond acceptors (Lipinski definition) is 1. The van der Waals surface area contributed by atoms with Crippen molar-refractivity contribution in [3.8, 4) is 0 Å². The molecule has 2 atom stereocenters. The van der Waals surface area contributed by atoms with Crippen molar-refractivity contribution < 1.29 is 13.6 Å². The molecule has 1 amide bonds. The Morgan fingerprint density at radius 2 is 2.06 bits per heavy atom. The monoisotopic (exact) mass is 251 g/mol. The summed E-state index contributed by atoms with van der Waals surface area (Å²) in [5.74, 6) is -0.522. The molecule has 4 heteroatoms. The summed E-state index contributed by atoms with van der Waals surface area (Å²) in [6.07, 6.45) is 2.67. The molecule has 2 aliphatic rings. The summed E-state index contributed by atoms with van der Waals surface area (Å²) in [6, 6.07) is 3.56. The van der Waals surface area contributed by atoms with Gasteiger partial charge in [0.2, 0.25) is 5.91 Å². The van der Waals surface area contributed by atoms with Gasteiger partial charge in [-0.3, -0.25) is 4.79 Å². The lowest BCUT2D eigenvalue weighted by molar-refractivity contribution is -0.131. The van der Waals surface area contributed by atoms with Crippen molar-refractivity contribution in [2.24, 2.45) is 5.92 Å². The van der Waals surface area contributed by atoms with E-state index in [1.54, 1.807) is 11.9 Å². The van der Waals surface area contributed by atoms with Crippen molar-refractivity contribution in [2.45, 2.75) is 31.2 Å². The molecule has 0 saturated heterocycles. The molecule has 1 aromatic carbocycles. The molecule has 2 fully saturated rings. The predicted octanol–water partition coefficient (Wildman–Crippen LogP) is 2.69. The Kier molecular flexibility index (Phi) is 2.61. The van der Waals surface area contributed by atoms with Gasteiger partial charge in [0, 0.05) is 24.9 Å². The van der Waals surface area contributed by atoms with E-state index in [2.05, 4.69) is 0 Å². The van der Waals surface area contributed by atoms with Gasteiger partial charge in [0.1, 0.15) is 11.6 Å². The normalized spacial score (nSPS) is 25.9. The lowest BCUT2D eigenvalue weighted by Crippen LogP contribution is -2.31. The van der Waals surface area contributed by atoms with E-state index in [1.807, 2.05) is 0 Å². The lowest BCUT2D eigenvalue weighted by atomic mass is 10.1. The Hall–Kier alpha value is -1.45. The van der Waals surface area contributed by atoms with Crippen LogP contribution in [0.25, 0.3) is 0 Å². The third-order valence-corrected chi connectivity index (χ3v) is 3.89. The van der Waals surface area contributed by atoms with E-state index in [0.29, 0.717) is 5.56 Å². The van der Waals surface area contributed by atoms with Crippen molar-refractivity contribution in [1.82, 2.24) is 4.90 Å². The number of carbonyl (C=O) groups excluding carboxylic acids is 1. The molecule has 0 aliphatic heterocycles. The Labute approximate surface area is 105 Å². The van der Waals surface area contributed by atoms with E-state index in [9.17, 15) is 13.6 Å². The second-order valence-corrected chi connectivity index (χ2v) is 5.30. The Morgan fingerprint density at radius 1 is 1.33 bits per heavy atom. The van der Waals surface area contributed by atoms with Gasteiger partial charge in [-0.1, -0.05) is 0 Å². The molecule has 96 valence electrons. The molecule has 0 radical (unpaired) electrons. The molecule has 1 aromatic rings. The van der Waals surface area contributed by atoms with Crippen molar-refractivity contribution >= 4 is 5.91 Å². The fourth-order valence-electron chi connectivity index (χ4n) is 2.52. The molecule has 0 spiro atoms. The topological polar surface area (TPSA) is 20.3 Å². The van der Waals surface area contributed by atoms with E-state index < -0.39 is 5.82 Å². The predicted molar refractivity (Wildman–Crippen MR) is 63.0 cm³/mol. The minimum absolute atomic E-state index is 0.0365. The maximum absolute atomic E-state index is 13.6. The standard InChI is InChI=1S/C14H15F2NO/c1-17(14(18)8-2-3-8)13-7-11(13)10-6-9(15)4-5-12(10)16/h4-6,8,11,13H,2-3,7H2,1H3. The summed E-state index contributed by atoms with van der Waals surface area (Å²) >= 11 is 0. The average Bonchev–Trinajstić information content (AvgIpc) is 3.22. The number of rotatable bonds is 3. The largest absolute Gasteiger partial charge is 0.342 e. The first-order valence-corrected chi connectivity index (χ1v) is 6.29. The molecule has 0 heterocycles. The molecule has 2 nitrogen and oxygen atoms in total. The second kappa shape index (κ2) is 4.04. The molecular formula is C14H15F2NO. The molecule has 3 rings (SSSR count). The minimum atomic E-state index is -0.423. The number of nitrogens with zero attached hydrogens (tertiary/aromatic N) is 1. The molecular weight excluding hydrogens is 236 g/mol. The van der Waals surface area contributed by atoms with Gasteiger partial charge in [-0.2, -0.15) is 0 Å². The number of hydrogen-bond donors (Lipinski definition) is 0. The van der Waals surface area contributed by atoms with Crippen molar-refractivity contribution in [3.63, 3.8) is 0 Å². The zero-order chi connectivity index (χ0) is 12.9. The summed E-state index contributed by atoms with van der Waals surface area (Å²) in [5.41, 5.74) is 0.399. The fourth-order valence-corrected chi connectivity index (χ4v) is 2.52. The van der Waals surface area contributed by atoms with Gasteiger partial charge in [0.15, 0.2) is 0 Å². The third kappa shape index (κ3) is 2.00. The molecule has 0 N–H and O–H groups in total. The van der Waals surface area contributed by atoms with Crippen molar-refractivity contribution in [3.05, 3.63) is 35.4 Å². The van der Waals surface area contributed by atoms with Crippen molar-refractivity contribution in [2.75, 3.05) is 7.05 Å². The van der Waals surface area contributed by atoms with E-state index in [4.69, 9.17) is 0 Å². The molecule has 2 unspecified atom stereocenters. The zero-order valence-corrected chi connectivity index (χ0v) is 10.2. The quantitative estimate of drug-likeness (QED) is 0.808. The lowest BCUT2D eigenvalue weighted by Gasteiger charge is -2.17. The van der Waals surface area contributed by atoms with Gasteiger partial charge in [-0.05, 0) is 43.0 Å². The molecule has 0 bridgehead atoms. The number of likely N-dealkylation sites (N-methyl/N-ethyl adjacent to an activating group) is 1. The first kappa shape index (κ1) is 11.6. The first-order chi connectivity index (χ1) is 8.58. The number of amides is 1. The second-order valence-electron chi connectivity index (χ2n) is 5.30. The third-order valence-electron chi connectivity index (χ3n) is 3.89.